The second-order valence-corrected chi connectivity index (χ2v) is 7.28. The van der Waals surface area contributed by atoms with Crippen LogP contribution in [0.15, 0.2) is 36.8 Å². The number of carbonyl (C=O) groups is 1. The molecule has 1 fully saturated rings. The van der Waals surface area contributed by atoms with Gasteiger partial charge >= 0.3 is 0 Å². The molecule has 0 atom stereocenters. The molecule has 1 N–H and O–H groups in total. The summed E-state index contributed by atoms with van der Waals surface area (Å²) in [7, 11) is 0. The van der Waals surface area contributed by atoms with Gasteiger partial charge in [-0.3, -0.25) is 4.79 Å². The van der Waals surface area contributed by atoms with Gasteiger partial charge in [0.1, 0.15) is 11.6 Å². The van der Waals surface area contributed by atoms with Crippen LogP contribution in [-0.2, 0) is 6.54 Å². The summed E-state index contributed by atoms with van der Waals surface area (Å²) in [4.78, 5) is 27.3. The lowest BCUT2D eigenvalue weighted by molar-refractivity contribution is 0.0946. The Morgan fingerprint density at radius 3 is 2.76 bits per heavy atom. The van der Waals surface area contributed by atoms with Crippen LogP contribution in [0.2, 0.25) is 5.02 Å². The van der Waals surface area contributed by atoms with E-state index in [1.54, 1.807) is 36.0 Å². The van der Waals surface area contributed by atoms with Crippen molar-refractivity contribution in [3.8, 4) is 5.69 Å². The lowest BCUT2D eigenvalue weighted by Crippen LogP contribution is -2.27. The quantitative estimate of drug-likeness (QED) is 0.693. The van der Waals surface area contributed by atoms with Gasteiger partial charge in [0.05, 0.1) is 16.9 Å². The molecular weight excluding hydrogens is 395 g/mol. The van der Waals surface area contributed by atoms with Crippen LogP contribution in [0.25, 0.3) is 5.69 Å². The zero-order valence-electron chi connectivity index (χ0n) is 15.9. The Balaban J connectivity index is 1.46. The second kappa shape index (κ2) is 8.16. The first kappa shape index (κ1) is 19.3. The lowest BCUT2D eigenvalue weighted by Gasteiger charge is -2.16. The number of carbonyl (C=O) groups excluding carboxylic acids is 1. The van der Waals surface area contributed by atoms with E-state index < -0.39 is 11.7 Å². The highest BCUT2D eigenvalue weighted by atomic mass is 35.5. The lowest BCUT2D eigenvalue weighted by atomic mass is 10.2. The van der Waals surface area contributed by atoms with Gasteiger partial charge in [-0.05, 0) is 37.5 Å². The molecule has 3 heterocycles. The van der Waals surface area contributed by atoms with Gasteiger partial charge in [-0.2, -0.15) is 0 Å². The molecule has 0 unspecified atom stereocenters. The van der Waals surface area contributed by atoms with Crippen molar-refractivity contribution in [3.05, 3.63) is 64.7 Å². The van der Waals surface area contributed by atoms with E-state index in [4.69, 9.17) is 11.6 Å². The smallest absolute Gasteiger partial charge is 0.271 e. The number of nitrogens with one attached hydrogen (secondary N) is 1. The molecule has 9 heteroatoms. The van der Waals surface area contributed by atoms with Gasteiger partial charge in [0.2, 0.25) is 5.95 Å². The van der Waals surface area contributed by atoms with Crippen LogP contribution in [0, 0.1) is 12.7 Å². The molecule has 150 valence electrons. The van der Waals surface area contributed by atoms with E-state index in [2.05, 4.69) is 20.3 Å². The summed E-state index contributed by atoms with van der Waals surface area (Å²) in [5.41, 5.74) is 1.15. The van der Waals surface area contributed by atoms with E-state index in [0.717, 1.165) is 25.9 Å². The van der Waals surface area contributed by atoms with Crippen molar-refractivity contribution in [1.82, 2.24) is 24.8 Å². The zero-order valence-corrected chi connectivity index (χ0v) is 16.7. The van der Waals surface area contributed by atoms with Crippen LogP contribution in [0.3, 0.4) is 0 Å². The number of hydrogen-bond donors (Lipinski definition) is 1. The first-order chi connectivity index (χ1) is 14.0. The Bertz CT molecular complexity index is 1050. The van der Waals surface area contributed by atoms with E-state index in [1.807, 2.05) is 4.90 Å². The fourth-order valence-electron chi connectivity index (χ4n) is 3.34. The van der Waals surface area contributed by atoms with Crippen LogP contribution >= 0.6 is 11.6 Å². The van der Waals surface area contributed by atoms with Crippen molar-refractivity contribution in [2.24, 2.45) is 0 Å². The Morgan fingerprint density at radius 2 is 2.07 bits per heavy atom. The number of aromatic nitrogens is 4. The minimum absolute atomic E-state index is 0.120. The van der Waals surface area contributed by atoms with E-state index in [1.165, 1.54) is 12.3 Å². The highest BCUT2D eigenvalue weighted by molar-refractivity contribution is 6.33. The van der Waals surface area contributed by atoms with Gasteiger partial charge in [-0.25, -0.2) is 19.3 Å². The number of imidazole rings is 1. The molecule has 1 aliphatic heterocycles. The summed E-state index contributed by atoms with van der Waals surface area (Å²) in [6.45, 7) is 3.68. The minimum Gasteiger partial charge on any atom is -0.347 e. The summed E-state index contributed by atoms with van der Waals surface area (Å²) >= 11 is 6.12. The van der Waals surface area contributed by atoms with Crippen LogP contribution in [0.4, 0.5) is 10.3 Å². The number of halogens is 2. The predicted octanol–water partition coefficient (Wildman–Crippen LogP) is 3.29. The Labute approximate surface area is 172 Å². The zero-order chi connectivity index (χ0) is 20.4. The van der Waals surface area contributed by atoms with Gasteiger partial charge in [0.15, 0.2) is 5.69 Å². The molecular formula is C20H20ClFN6O. The fourth-order valence-corrected chi connectivity index (χ4v) is 3.52. The fraction of sp³-hybridized carbons (Fsp3) is 0.300. The maximum Gasteiger partial charge on any atom is 0.271 e. The summed E-state index contributed by atoms with van der Waals surface area (Å²) in [5, 5.41) is 2.93. The van der Waals surface area contributed by atoms with Crippen LogP contribution < -0.4 is 10.2 Å². The SMILES string of the molecule is Cc1nccn1-c1ccc(CNC(=O)c2nc(N3CCCC3)ncc2Cl)cc1F. The maximum atomic E-state index is 14.5. The Kier molecular flexibility index (Phi) is 5.44. The topological polar surface area (TPSA) is 75.9 Å². The number of rotatable bonds is 5. The average Bonchev–Trinajstić information content (AvgIpc) is 3.39. The van der Waals surface area contributed by atoms with Crippen molar-refractivity contribution < 1.29 is 9.18 Å². The molecule has 0 spiro atoms. The number of aryl methyl sites for hydroxylation is 1. The van der Waals surface area contributed by atoms with Crippen molar-refractivity contribution >= 4 is 23.5 Å². The Hall–Kier alpha value is -3.00. The third-order valence-corrected chi connectivity index (χ3v) is 5.16. The molecule has 0 saturated carbocycles. The number of anilines is 1. The molecule has 7 nitrogen and oxygen atoms in total. The normalized spacial score (nSPS) is 13.7. The molecule has 3 aromatic rings. The highest BCUT2D eigenvalue weighted by Gasteiger charge is 2.19. The molecule has 0 bridgehead atoms. The van der Waals surface area contributed by atoms with E-state index in [-0.39, 0.29) is 17.3 Å². The summed E-state index contributed by atoms with van der Waals surface area (Å²) in [6, 6.07) is 4.82. The molecule has 1 aliphatic rings. The average molecular weight is 415 g/mol. The summed E-state index contributed by atoms with van der Waals surface area (Å²) in [5.74, 6) is 0.377. The predicted molar refractivity (Wildman–Crippen MR) is 108 cm³/mol. The first-order valence-electron chi connectivity index (χ1n) is 9.37. The number of amides is 1. The minimum atomic E-state index is -0.423. The summed E-state index contributed by atoms with van der Waals surface area (Å²) in [6.07, 6.45) is 6.91. The molecule has 4 rings (SSSR count). The van der Waals surface area contributed by atoms with Crippen molar-refractivity contribution in [2.45, 2.75) is 26.3 Å². The van der Waals surface area contributed by atoms with Gasteiger partial charge < -0.3 is 14.8 Å². The third-order valence-electron chi connectivity index (χ3n) is 4.89. The highest BCUT2D eigenvalue weighted by Crippen LogP contribution is 2.20. The largest absolute Gasteiger partial charge is 0.347 e. The van der Waals surface area contributed by atoms with E-state index in [9.17, 15) is 9.18 Å². The van der Waals surface area contributed by atoms with Crippen molar-refractivity contribution in [3.63, 3.8) is 0 Å². The molecule has 1 amide bonds. The molecule has 29 heavy (non-hydrogen) atoms. The molecule has 2 aromatic heterocycles. The second-order valence-electron chi connectivity index (χ2n) is 6.87. The molecule has 0 radical (unpaired) electrons. The van der Waals surface area contributed by atoms with Crippen molar-refractivity contribution in [2.75, 3.05) is 18.0 Å². The number of benzene rings is 1. The summed E-state index contributed by atoms with van der Waals surface area (Å²) < 4.78 is 16.2. The Morgan fingerprint density at radius 1 is 1.28 bits per heavy atom. The van der Waals surface area contributed by atoms with Crippen LogP contribution in [0.5, 0.6) is 0 Å². The van der Waals surface area contributed by atoms with Gasteiger partial charge in [0, 0.05) is 32.0 Å². The van der Waals surface area contributed by atoms with E-state index in [0.29, 0.717) is 23.0 Å². The van der Waals surface area contributed by atoms with E-state index >= 15 is 0 Å². The van der Waals surface area contributed by atoms with Crippen molar-refractivity contribution in [1.29, 1.82) is 0 Å². The van der Waals surface area contributed by atoms with Gasteiger partial charge in [-0.1, -0.05) is 17.7 Å². The van der Waals surface area contributed by atoms with Gasteiger partial charge in [0.25, 0.3) is 5.91 Å². The van der Waals surface area contributed by atoms with Gasteiger partial charge in [-0.15, -0.1) is 0 Å². The molecule has 1 saturated heterocycles. The third kappa shape index (κ3) is 4.07. The number of hydrogen-bond acceptors (Lipinski definition) is 5. The standard InChI is InChI=1S/C20H20ClFN6O/c1-13-23-6-9-28(13)17-5-4-14(10-16(17)22)11-24-19(29)18-15(21)12-25-20(26-18)27-7-2-3-8-27/h4-6,9-10,12H,2-3,7-8,11H2,1H3,(H,24,29). The molecule has 1 aromatic carbocycles. The molecule has 0 aliphatic carbocycles. The first-order valence-corrected chi connectivity index (χ1v) is 9.75. The number of nitrogens with zero attached hydrogens (tertiary/aromatic N) is 5. The monoisotopic (exact) mass is 414 g/mol. The maximum absolute atomic E-state index is 14.5. The van der Waals surface area contributed by atoms with Crippen LogP contribution in [-0.4, -0.2) is 38.5 Å². The van der Waals surface area contributed by atoms with Crippen LogP contribution in [0.1, 0.15) is 34.7 Å².